The van der Waals surface area contributed by atoms with Crippen molar-refractivity contribution >= 4 is 27.3 Å². The van der Waals surface area contributed by atoms with Crippen molar-refractivity contribution in [3.63, 3.8) is 0 Å². The highest BCUT2D eigenvalue weighted by Crippen LogP contribution is 2.34. The van der Waals surface area contributed by atoms with Gasteiger partial charge in [0.05, 0.1) is 4.47 Å². The number of rotatable bonds is 4. The van der Waals surface area contributed by atoms with E-state index in [2.05, 4.69) is 47.3 Å². The molecule has 0 bridgehead atoms. The third kappa shape index (κ3) is 3.38. The zero-order valence-electron chi connectivity index (χ0n) is 11.3. The van der Waals surface area contributed by atoms with Crippen LogP contribution in [-0.4, -0.2) is 6.04 Å². The van der Waals surface area contributed by atoms with Gasteiger partial charge in [0.25, 0.3) is 0 Å². The molecule has 2 atom stereocenters. The molecule has 0 spiro atoms. The standard InChI is InChI=1S/C15H18BrNOS/c1-9-4-5-13(12(16)8-9)18-14(11(3)17)15-10(2)6-7-19-15/h4-8,11,14H,17H2,1-3H3. The van der Waals surface area contributed by atoms with E-state index in [0.717, 1.165) is 10.2 Å². The van der Waals surface area contributed by atoms with E-state index in [4.69, 9.17) is 10.5 Å². The van der Waals surface area contributed by atoms with Crippen LogP contribution in [-0.2, 0) is 0 Å². The Hall–Kier alpha value is -0.840. The van der Waals surface area contributed by atoms with E-state index in [-0.39, 0.29) is 12.1 Å². The molecule has 0 saturated carbocycles. The van der Waals surface area contributed by atoms with Crippen LogP contribution in [0.4, 0.5) is 0 Å². The number of benzene rings is 1. The molecule has 1 heterocycles. The van der Waals surface area contributed by atoms with Gasteiger partial charge in [0.1, 0.15) is 11.9 Å². The highest BCUT2D eigenvalue weighted by Gasteiger charge is 2.22. The van der Waals surface area contributed by atoms with E-state index < -0.39 is 0 Å². The Labute approximate surface area is 126 Å². The SMILES string of the molecule is Cc1ccc(OC(c2sccc2C)C(C)N)c(Br)c1. The van der Waals surface area contributed by atoms with Crippen LogP contribution in [0, 0.1) is 13.8 Å². The maximum Gasteiger partial charge on any atom is 0.148 e. The van der Waals surface area contributed by atoms with Gasteiger partial charge in [0.15, 0.2) is 0 Å². The second-order valence-corrected chi connectivity index (χ2v) is 6.60. The van der Waals surface area contributed by atoms with Crippen LogP contribution in [0.15, 0.2) is 34.1 Å². The largest absolute Gasteiger partial charge is 0.482 e. The van der Waals surface area contributed by atoms with Gasteiger partial charge in [-0.15, -0.1) is 11.3 Å². The second-order valence-electron chi connectivity index (χ2n) is 4.80. The van der Waals surface area contributed by atoms with Crippen LogP contribution < -0.4 is 10.5 Å². The third-order valence-corrected chi connectivity index (χ3v) is 4.68. The first-order valence-electron chi connectivity index (χ1n) is 6.21. The molecule has 1 aromatic carbocycles. The van der Waals surface area contributed by atoms with Crippen molar-refractivity contribution in [1.29, 1.82) is 0 Å². The molecule has 19 heavy (non-hydrogen) atoms. The number of hydrogen-bond acceptors (Lipinski definition) is 3. The first-order valence-corrected chi connectivity index (χ1v) is 7.88. The molecule has 0 aliphatic rings. The second kappa shape index (κ2) is 6.07. The maximum absolute atomic E-state index is 6.13. The van der Waals surface area contributed by atoms with Gasteiger partial charge in [0.2, 0.25) is 0 Å². The molecule has 2 nitrogen and oxygen atoms in total. The Balaban J connectivity index is 2.29. The van der Waals surface area contributed by atoms with Crippen LogP contribution in [0.25, 0.3) is 0 Å². The van der Waals surface area contributed by atoms with Crippen molar-refractivity contribution in [2.45, 2.75) is 32.9 Å². The Kier molecular flexibility index (Phi) is 4.66. The summed E-state index contributed by atoms with van der Waals surface area (Å²) in [6.45, 7) is 6.13. The minimum absolute atomic E-state index is 0.0643. The molecule has 2 aromatic rings. The van der Waals surface area contributed by atoms with E-state index in [9.17, 15) is 0 Å². The summed E-state index contributed by atoms with van der Waals surface area (Å²) in [4.78, 5) is 1.20. The molecular formula is C15H18BrNOS. The lowest BCUT2D eigenvalue weighted by atomic mass is 10.1. The number of aryl methyl sites for hydroxylation is 2. The molecule has 0 aliphatic carbocycles. The van der Waals surface area contributed by atoms with Crippen molar-refractivity contribution in [3.8, 4) is 5.75 Å². The number of nitrogens with two attached hydrogens (primary N) is 1. The van der Waals surface area contributed by atoms with Crippen LogP contribution in [0.2, 0.25) is 0 Å². The van der Waals surface area contributed by atoms with Crippen LogP contribution in [0.1, 0.15) is 29.0 Å². The fourth-order valence-electron chi connectivity index (χ4n) is 1.91. The van der Waals surface area contributed by atoms with Gasteiger partial charge in [-0.3, -0.25) is 0 Å². The molecule has 0 saturated heterocycles. The van der Waals surface area contributed by atoms with Gasteiger partial charge in [-0.1, -0.05) is 6.07 Å². The van der Waals surface area contributed by atoms with Gasteiger partial charge in [0, 0.05) is 10.9 Å². The van der Waals surface area contributed by atoms with Gasteiger partial charge >= 0.3 is 0 Å². The first-order chi connectivity index (χ1) is 8.99. The molecule has 4 heteroatoms. The Bertz CT molecular complexity index is 565. The molecule has 1 aromatic heterocycles. The molecule has 2 unspecified atom stereocenters. The molecule has 2 N–H and O–H groups in total. The molecule has 102 valence electrons. The summed E-state index contributed by atoms with van der Waals surface area (Å²) >= 11 is 5.24. The average molecular weight is 340 g/mol. The molecular weight excluding hydrogens is 322 g/mol. The van der Waals surface area contributed by atoms with Crippen molar-refractivity contribution < 1.29 is 4.74 Å². The Morgan fingerprint density at radius 2 is 2.00 bits per heavy atom. The zero-order chi connectivity index (χ0) is 14.0. The summed E-state index contributed by atoms with van der Waals surface area (Å²) in [6.07, 6.45) is -0.112. The highest BCUT2D eigenvalue weighted by molar-refractivity contribution is 9.10. The van der Waals surface area contributed by atoms with E-state index >= 15 is 0 Å². The number of thiophene rings is 1. The maximum atomic E-state index is 6.13. The van der Waals surface area contributed by atoms with Crippen molar-refractivity contribution in [2.24, 2.45) is 5.73 Å². The smallest absolute Gasteiger partial charge is 0.148 e. The topological polar surface area (TPSA) is 35.2 Å². The normalized spacial score (nSPS) is 14.2. The number of halogens is 1. The van der Waals surface area contributed by atoms with Crippen molar-refractivity contribution in [3.05, 3.63) is 50.1 Å². The first kappa shape index (κ1) is 14.6. The Morgan fingerprint density at radius 3 is 2.53 bits per heavy atom. The van der Waals surface area contributed by atoms with E-state index in [1.165, 1.54) is 16.0 Å². The number of ether oxygens (including phenoxy) is 1. The minimum atomic E-state index is -0.112. The molecule has 2 rings (SSSR count). The van der Waals surface area contributed by atoms with Crippen molar-refractivity contribution in [1.82, 2.24) is 0 Å². The van der Waals surface area contributed by atoms with Crippen LogP contribution in [0.5, 0.6) is 5.75 Å². The predicted octanol–water partition coefficient (Wildman–Crippen LogP) is 4.59. The quantitative estimate of drug-likeness (QED) is 0.883. The predicted molar refractivity (Wildman–Crippen MR) is 85.0 cm³/mol. The molecule has 0 aliphatic heterocycles. The minimum Gasteiger partial charge on any atom is -0.482 e. The van der Waals surface area contributed by atoms with Gasteiger partial charge in [-0.05, 0) is 71.4 Å². The van der Waals surface area contributed by atoms with Gasteiger partial charge in [-0.25, -0.2) is 0 Å². The number of hydrogen-bond donors (Lipinski definition) is 1. The highest BCUT2D eigenvalue weighted by atomic mass is 79.9. The van der Waals surface area contributed by atoms with E-state index in [0.29, 0.717) is 0 Å². The summed E-state index contributed by atoms with van der Waals surface area (Å²) in [5, 5.41) is 2.08. The fraction of sp³-hybridized carbons (Fsp3) is 0.333. The monoisotopic (exact) mass is 339 g/mol. The zero-order valence-corrected chi connectivity index (χ0v) is 13.7. The van der Waals surface area contributed by atoms with Crippen molar-refractivity contribution in [2.75, 3.05) is 0 Å². The summed E-state index contributed by atoms with van der Waals surface area (Å²) in [6, 6.07) is 8.11. The molecule has 0 fully saturated rings. The summed E-state index contributed by atoms with van der Waals surface area (Å²) in [7, 11) is 0. The fourth-order valence-corrected chi connectivity index (χ4v) is 3.57. The lowest BCUT2D eigenvalue weighted by Crippen LogP contribution is -2.29. The van der Waals surface area contributed by atoms with E-state index in [1.54, 1.807) is 11.3 Å². The van der Waals surface area contributed by atoms with Gasteiger partial charge in [-0.2, -0.15) is 0 Å². The van der Waals surface area contributed by atoms with Gasteiger partial charge < -0.3 is 10.5 Å². The molecule has 0 radical (unpaired) electrons. The summed E-state index contributed by atoms with van der Waals surface area (Å²) < 4.78 is 7.09. The third-order valence-electron chi connectivity index (χ3n) is 2.98. The summed E-state index contributed by atoms with van der Waals surface area (Å²) in [5.74, 6) is 0.834. The van der Waals surface area contributed by atoms with Crippen LogP contribution >= 0.6 is 27.3 Å². The Morgan fingerprint density at radius 1 is 1.26 bits per heavy atom. The molecule has 0 amide bonds. The lowest BCUT2D eigenvalue weighted by Gasteiger charge is -2.23. The average Bonchev–Trinajstić information content (AvgIpc) is 2.74. The van der Waals surface area contributed by atoms with E-state index in [1.807, 2.05) is 19.1 Å². The lowest BCUT2D eigenvalue weighted by molar-refractivity contribution is 0.182. The summed E-state index contributed by atoms with van der Waals surface area (Å²) in [5.41, 5.74) is 8.52. The van der Waals surface area contributed by atoms with Crippen LogP contribution in [0.3, 0.4) is 0 Å².